The minimum atomic E-state index is -1.00. The zero-order chi connectivity index (χ0) is 15.0. The van der Waals surface area contributed by atoms with Gasteiger partial charge in [0.15, 0.2) is 11.1 Å². The van der Waals surface area contributed by atoms with Crippen molar-refractivity contribution in [2.75, 3.05) is 24.5 Å². The highest BCUT2D eigenvalue weighted by Crippen LogP contribution is 2.29. The second-order valence-electron chi connectivity index (χ2n) is 4.63. The van der Waals surface area contributed by atoms with E-state index in [1.54, 1.807) is 6.07 Å². The number of para-hydroxylation sites is 1. The van der Waals surface area contributed by atoms with E-state index >= 15 is 0 Å². The number of fused-ring (bicyclic) bond motifs is 1. The molecule has 0 spiro atoms. The van der Waals surface area contributed by atoms with E-state index in [1.165, 1.54) is 17.0 Å². The maximum Gasteiger partial charge on any atom is 0.327 e. The Morgan fingerprint density at radius 1 is 1.57 bits per heavy atom. The van der Waals surface area contributed by atoms with Gasteiger partial charge in [0.05, 0.1) is 4.92 Å². The van der Waals surface area contributed by atoms with Crippen LogP contribution >= 0.6 is 0 Å². The first kappa shape index (κ1) is 13.3. The van der Waals surface area contributed by atoms with Crippen molar-refractivity contribution in [2.45, 2.75) is 6.04 Å². The second kappa shape index (κ2) is 5.02. The summed E-state index contributed by atoms with van der Waals surface area (Å²) < 4.78 is 5.50. The van der Waals surface area contributed by atoms with Crippen molar-refractivity contribution in [3.8, 4) is 0 Å². The van der Waals surface area contributed by atoms with Crippen LogP contribution in [0.2, 0.25) is 0 Å². The van der Waals surface area contributed by atoms with Crippen molar-refractivity contribution < 1.29 is 19.2 Å². The zero-order valence-electron chi connectivity index (χ0n) is 10.9. The van der Waals surface area contributed by atoms with Gasteiger partial charge in [0.25, 0.3) is 11.7 Å². The molecule has 1 unspecified atom stereocenters. The van der Waals surface area contributed by atoms with Crippen LogP contribution in [0.15, 0.2) is 22.6 Å². The van der Waals surface area contributed by atoms with Crippen LogP contribution in [-0.4, -0.2) is 46.7 Å². The molecule has 2 heterocycles. The number of benzene rings is 1. The zero-order valence-corrected chi connectivity index (χ0v) is 10.9. The van der Waals surface area contributed by atoms with Gasteiger partial charge in [-0.25, -0.2) is 4.79 Å². The fourth-order valence-electron chi connectivity index (χ4n) is 2.35. The van der Waals surface area contributed by atoms with E-state index in [2.05, 4.69) is 10.3 Å². The highest BCUT2D eigenvalue weighted by Gasteiger charge is 2.32. The van der Waals surface area contributed by atoms with Gasteiger partial charge in [0, 0.05) is 25.7 Å². The number of carboxylic acids is 1. The minimum absolute atomic E-state index is 0.0909. The molecule has 1 fully saturated rings. The summed E-state index contributed by atoms with van der Waals surface area (Å²) in [6, 6.07) is 3.68. The lowest BCUT2D eigenvalue weighted by Gasteiger charge is -2.31. The molecule has 3 rings (SSSR count). The standard InChI is InChI=1S/C12H12N4O5/c17-11(18)8-6-13-4-5-15(8)12-14-10-7(16(19)20)2-1-3-9(10)21-12/h1-3,8,13H,4-6H2,(H,17,18). The Morgan fingerprint density at radius 2 is 2.38 bits per heavy atom. The predicted molar refractivity (Wildman–Crippen MR) is 72.3 cm³/mol. The highest BCUT2D eigenvalue weighted by atomic mass is 16.6. The third-order valence-corrected chi connectivity index (χ3v) is 3.36. The first-order valence-electron chi connectivity index (χ1n) is 6.32. The van der Waals surface area contributed by atoms with Gasteiger partial charge in [-0.3, -0.25) is 10.1 Å². The molecule has 0 amide bonds. The Kier molecular flexibility index (Phi) is 3.18. The number of nitrogens with zero attached hydrogens (tertiary/aromatic N) is 3. The van der Waals surface area contributed by atoms with Crippen LogP contribution in [0.25, 0.3) is 11.1 Å². The average Bonchev–Trinajstić information content (AvgIpc) is 2.90. The van der Waals surface area contributed by atoms with Gasteiger partial charge in [-0.2, -0.15) is 4.98 Å². The molecule has 1 aromatic carbocycles. The van der Waals surface area contributed by atoms with E-state index in [4.69, 9.17) is 4.42 Å². The molecular weight excluding hydrogens is 280 g/mol. The van der Waals surface area contributed by atoms with Crippen molar-refractivity contribution in [3.63, 3.8) is 0 Å². The van der Waals surface area contributed by atoms with Gasteiger partial charge < -0.3 is 19.7 Å². The number of nitro benzene ring substituents is 1. The number of oxazole rings is 1. The van der Waals surface area contributed by atoms with Crippen LogP contribution in [0.1, 0.15) is 0 Å². The Morgan fingerprint density at radius 3 is 3.10 bits per heavy atom. The molecule has 1 aromatic heterocycles. The first-order valence-corrected chi connectivity index (χ1v) is 6.32. The van der Waals surface area contributed by atoms with Crippen LogP contribution in [-0.2, 0) is 4.79 Å². The molecule has 0 bridgehead atoms. The first-order chi connectivity index (χ1) is 10.1. The summed E-state index contributed by atoms with van der Waals surface area (Å²) in [6.07, 6.45) is 0. The fourth-order valence-corrected chi connectivity index (χ4v) is 2.35. The summed E-state index contributed by atoms with van der Waals surface area (Å²) >= 11 is 0. The van der Waals surface area contributed by atoms with Crippen molar-refractivity contribution >= 4 is 28.8 Å². The number of hydrogen-bond acceptors (Lipinski definition) is 7. The van der Waals surface area contributed by atoms with E-state index in [-0.39, 0.29) is 29.3 Å². The smallest absolute Gasteiger partial charge is 0.327 e. The molecule has 9 heteroatoms. The van der Waals surface area contributed by atoms with Crippen molar-refractivity contribution in [1.29, 1.82) is 0 Å². The molecule has 9 nitrogen and oxygen atoms in total. The lowest BCUT2D eigenvalue weighted by Crippen LogP contribution is -2.55. The molecule has 1 aliphatic rings. The largest absolute Gasteiger partial charge is 0.480 e. The Bertz CT molecular complexity index is 713. The molecule has 2 aromatic rings. The lowest BCUT2D eigenvalue weighted by molar-refractivity contribution is -0.383. The van der Waals surface area contributed by atoms with E-state index < -0.39 is 16.9 Å². The van der Waals surface area contributed by atoms with E-state index in [9.17, 15) is 20.0 Å². The summed E-state index contributed by atoms with van der Waals surface area (Å²) in [5.74, 6) is -1.00. The summed E-state index contributed by atoms with van der Waals surface area (Å²) in [4.78, 5) is 27.3. The molecule has 0 aliphatic carbocycles. The summed E-state index contributed by atoms with van der Waals surface area (Å²) in [5.41, 5.74) is 0.228. The quantitative estimate of drug-likeness (QED) is 0.623. The number of nitro groups is 1. The Balaban J connectivity index is 2.06. The lowest BCUT2D eigenvalue weighted by atomic mass is 10.2. The van der Waals surface area contributed by atoms with Crippen LogP contribution in [0.3, 0.4) is 0 Å². The van der Waals surface area contributed by atoms with E-state index in [0.29, 0.717) is 13.1 Å². The Labute approximate surface area is 118 Å². The maximum absolute atomic E-state index is 11.3. The highest BCUT2D eigenvalue weighted by molar-refractivity contribution is 5.85. The van der Waals surface area contributed by atoms with E-state index in [1.807, 2.05) is 0 Å². The summed E-state index contributed by atoms with van der Waals surface area (Å²) in [5, 5.41) is 23.2. The number of anilines is 1. The summed E-state index contributed by atoms with van der Waals surface area (Å²) in [6.45, 7) is 1.25. The maximum atomic E-state index is 11.3. The second-order valence-corrected chi connectivity index (χ2v) is 4.63. The van der Waals surface area contributed by atoms with Crippen LogP contribution in [0.5, 0.6) is 0 Å². The van der Waals surface area contributed by atoms with Crippen molar-refractivity contribution in [2.24, 2.45) is 0 Å². The van der Waals surface area contributed by atoms with Crippen molar-refractivity contribution in [3.05, 3.63) is 28.3 Å². The number of hydrogen-bond donors (Lipinski definition) is 2. The normalized spacial score (nSPS) is 18.9. The molecule has 0 radical (unpaired) electrons. The third-order valence-electron chi connectivity index (χ3n) is 3.36. The number of carbonyl (C=O) groups is 1. The number of nitrogens with one attached hydrogen (secondary N) is 1. The van der Waals surface area contributed by atoms with Crippen LogP contribution in [0.4, 0.5) is 11.7 Å². The van der Waals surface area contributed by atoms with Gasteiger partial charge in [0.1, 0.15) is 6.04 Å². The summed E-state index contributed by atoms with van der Waals surface area (Å²) in [7, 11) is 0. The molecule has 0 saturated carbocycles. The van der Waals surface area contributed by atoms with Gasteiger partial charge in [0.2, 0.25) is 0 Å². The molecule has 1 atom stereocenters. The number of rotatable bonds is 3. The number of non-ortho nitro benzene ring substituents is 1. The molecule has 1 saturated heterocycles. The van der Waals surface area contributed by atoms with E-state index in [0.717, 1.165) is 0 Å². The topological polar surface area (TPSA) is 122 Å². The number of aliphatic carboxylic acids is 1. The SMILES string of the molecule is O=C(O)C1CNCCN1c1nc2c([N+](=O)[O-])cccc2o1. The van der Waals surface area contributed by atoms with Crippen LogP contribution in [0, 0.1) is 10.1 Å². The average molecular weight is 292 g/mol. The number of aromatic nitrogens is 1. The molecular formula is C12H12N4O5. The van der Waals surface area contributed by atoms with Gasteiger partial charge >= 0.3 is 5.97 Å². The molecule has 110 valence electrons. The predicted octanol–water partition coefficient (Wildman–Crippen LogP) is 0.599. The molecule has 1 aliphatic heterocycles. The van der Waals surface area contributed by atoms with Crippen LogP contribution < -0.4 is 10.2 Å². The van der Waals surface area contributed by atoms with Gasteiger partial charge in [-0.1, -0.05) is 6.07 Å². The third kappa shape index (κ3) is 2.27. The van der Waals surface area contributed by atoms with Gasteiger partial charge in [-0.15, -0.1) is 0 Å². The van der Waals surface area contributed by atoms with Gasteiger partial charge in [-0.05, 0) is 6.07 Å². The van der Waals surface area contributed by atoms with Crippen molar-refractivity contribution in [1.82, 2.24) is 10.3 Å². The number of carboxylic acid groups (broad SMARTS) is 1. The fraction of sp³-hybridized carbons (Fsp3) is 0.333. The monoisotopic (exact) mass is 292 g/mol. The Hall–Kier alpha value is -2.68. The minimum Gasteiger partial charge on any atom is -0.480 e. The molecule has 21 heavy (non-hydrogen) atoms. The number of piperazine rings is 1. The molecule has 2 N–H and O–H groups in total.